The highest BCUT2D eigenvalue weighted by molar-refractivity contribution is 6.25. The molecule has 0 aliphatic carbocycles. The molecule has 1 atom stereocenters. The predicted molar refractivity (Wildman–Crippen MR) is 121 cm³/mol. The molecule has 3 amide bonds. The van der Waals surface area contributed by atoms with Crippen LogP contribution >= 0.6 is 0 Å². The van der Waals surface area contributed by atoms with E-state index in [1.54, 1.807) is 12.1 Å². The number of aryl methyl sites for hydroxylation is 1. The Morgan fingerprint density at radius 1 is 0.903 bits per heavy atom. The number of nitrogens with zero attached hydrogens (tertiary/aromatic N) is 1. The maximum absolute atomic E-state index is 12.9. The molecule has 0 spiro atoms. The molecule has 158 valence electrons. The summed E-state index contributed by atoms with van der Waals surface area (Å²) in [4.78, 5) is 39.4. The predicted octanol–water partition coefficient (Wildman–Crippen LogP) is 4.35. The smallest absolute Gasteiger partial charge is 0.261 e. The van der Waals surface area contributed by atoms with Gasteiger partial charge in [-0.3, -0.25) is 19.3 Å². The number of nitrogens with one attached hydrogen (secondary N) is 1. The Hall–Kier alpha value is -3.47. The van der Waals surface area contributed by atoms with E-state index in [1.807, 2.05) is 49.4 Å². The fraction of sp³-hybridized carbons (Fsp3) is 0.269. The number of hydrogen-bond donors (Lipinski definition) is 1. The van der Waals surface area contributed by atoms with E-state index in [0.29, 0.717) is 17.5 Å². The van der Waals surface area contributed by atoms with Gasteiger partial charge in [0.05, 0.1) is 0 Å². The molecule has 4 rings (SSSR count). The third kappa shape index (κ3) is 4.50. The summed E-state index contributed by atoms with van der Waals surface area (Å²) in [6.45, 7) is 2.23. The molecule has 5 nitrogen and oxygen atoms in total. The van der Waals surface area contributed by atoms with E-state index >= 15 is 0 Å². The van der Waals surface area contributed by atoms with Crippen molar-refractivity contribution in [3.8, 4) is 0 Å². The largest absolute Gasteiger partial charge is 0.354 e. The second-order valence-electron chi connectivity index (χ2n) is 8.07. The molecule has 0 bridgehead atoms. The molecule has 1 unspecified atom stereocenters. The van der Waals surface area contributed by atoms with Gasteiger partial charge in [-0.2, -0.15) is 0 Å². The first kappa shape index (κ1) is 20.8. The van der Waals surface area contributed by atoms with Gasteiger partial charge in [-0.25, -0.2) is 0 Å². The summed E-state index contributed by atoms with van der Waals surface area (Å²) in [7, 11) is 0. The van der Waals surface area contributed by atoms with Crippen LogP contribution in [0.3, 0.4) is 0 Å². The monoisotopic (exact) mass is 414 g/mol. The zero-order valence-electron chi connectivity index (χ0n) is 17.6. The molecule has 0 aromatic heterocycles. The minimum atomic E-state index is -0.286. The van der Waals surface area contributed by atoms with Crippen LogP contribution in [0.2, 0.25) is 0 Å². The van der Waals surface area contributed by atoms with Crippen LogP contribution in [0.25, 0.3) is 10.8 Å². The second kappa shape index (κ2) is 9.13. The summed E-state index contributed by atoms with van der Waals surface area (Å²) in [6, 6.07) is 21.2. The number of benzene rings is 3. The lowest BCUT2D eigenvalue weighted by atomic mass is 9.94. The minimum Gasteiger partial charge on any atom is -0.354 e. The molecular weight excluding hydrogens is 388 g/mol. The summed E-state index contributed by atoms with van der Waals surface area (Å²) >= 11 is 0. The lowest BCUT2D eigenvalue weighted by Gasteiger charge is -2.27. The van der Waals surface area contributed by atoms with Crippen molar-refractivity contribution in [2.75, 3.05) is 6.54 Å². The van der Waals surface area contributed by atoms with Crippen molar-refractivity contribution in [1.29, 1.82) is 0 Å². The number of hydrogen-bond acceptors (Lipinski definition) is 3. The fourth-order valence-electron chi connectivity index (χ4n) is 4.13. The topological polar surface area (TPSA) is 66.5 Å². The number of imide groups is 1. The lowest BCUT2D eigenvalue weighted by Crippen LogP contribution is -2.41. The Morgan fingerprint density at radius 2 is 1.55 bits per heavy atom. The molecule has 0 saturated heterocycles. The Kier molecular flexibility index (Phi) is 6.12. The molecule has 0 radical (unpaired) electrons. The van der Waals surface area contributed by atoms with Crippen LogP contribution in [0.1, 0.15) is 52.5 Å². The van der Waals surface area contributed by atoms with Crippen molar-refractivity contribution in [1.82, 2.24) is 10.2 Å². The second-order valence-corrected chi connectivity index (χ2v) is 8.07. The zero-order chi connectivity index (χ0) is 21.8. The van der Waals surface area contributed by atoms with Gasteiger partial charge in [0.2, 0.25) is 5.91 Å². The van der Waals surface area contributed by atoms with E-state index in [0.717, 1.165) is 23.6 Å². The molecule has 1 aliphatic rings. The van der Waals surface area contributed by atoms with Gasteiger partial charge in [-0.1, -0.05) is 54.6 Å². The molecule has 5 heteroatoms. The van der Waals surface area contributed by atoms with Crippen LogP contribution in [-0.2, 0) is 11.2 Å². The molecule has 0 fully saturated rings. The lowest BCUT2D eigenvalue weighted by molar-refractivity contribution is -0.121. The zero-order valence-corrected chi connectivity index (χ0v) is 17.6. The van der Waals surface area contributed by atoms with Crippen LogP contribution < -0.4 is 5.32 Å². The van der Waals surface area contributed by atoms with Crippen LogP contribution in [-0.4, -0.2) is 35.2 Å². The molecule has 1 aliphatic heterocycles. The van der Waals surface area contributed by atoms with Gasteiger partial charge in [0.15, 0.2) is 0 Å². The standard InChI is InChI=1S/C26H26N2O3/c1-18(15-16-19-8-3-2-4-9-19)27-23(29)14-7-17-28-25(30)21-12-5-10-20-11-6-13-22(24(20)21)26(28)31/h2-6,8-13,18H,7,14-17H2,1H3,(H,27,29). The Labute approximate surface area is 182 Å². The molecule has 0 saturated carbocycles. The minimum absolute atomic E-state index is 0.0556. The third-order valence-electron chi connectivity index (χ3n) is 5.76. The average molecular weight is 415 g/mol. The van der Waals surface area contributed by atoms with E-state index in [2.05, 4.69) is 17.4 Å². The first-order valence-electron chi connectivity index (χ1n) is 10.8. The maximum Gasteiger partial charge on any atom is 0.261 e. The highest BCUT2D eigenvalue weighted by atomic mass is 16.2. The van der Waals surface area contributed by atoms with Crippen molar-refractivity contribution in [2.45, 2.75) is 38.6 Å². The van der Waals surface area contributed by atoms with E-state index in [-0.39, 0.29) is 36.7 Å². The summed E-state index contributed by atoms with van der Waals surface area (Å²) in [5, 5.41) is 4.63. The highest BCUT2D eigenvalue weighted by Crippen LogP contribution is 2.30. The van der Waals surface area contributed by atoms with E-state index in [4.69, 9.17) is 0 Å². The molecule has 3 aromatic rings. The average Bonchev–Trinajstić information content (AvgIpc) is 2.79. The molecular formula is C26H26N2O3. The van der Waals surface area contributed by atoms with Crippen molar-refractivity contribution >= 4 is 28.5 Å². The SMILES string of the molecule is CC(CCc1ccccc1)NC(=O)CCCN1C(=O)c2cccc3cccc(c23)C1=O. The fourth-order valence-corrected chi connectivity index (χ4v) is 4.13. The summed E-state index contributed by atoms with van der Waals surface area (Å²) < 4.78 is 0. The van der Waals surface area contributed by atoms with Crippen molar-refractivity contribution in [3.63, 3.8) is 0 Å². The Bertz CT molecular complexity index is 1070. The van der Waals surface area contributed by atoms with Gasteiger partial charge in [0.1, 0.15) is 0 Å². The number of rotatable bonds is 8. The quantitative estimate of drug-likeness (QED) is 0.557. The summed E-state index contributed by atoms with van der Waals surface area (Å²) in [5.74, 6) is -0.628. The van der Waals surface area contributed by atoms with E-state index in [9.17, 15) is 14.4 Å². The van der Waals surface area contributed by atoms with Gasteiger partial charge in [0.25, 0.3) is 11.8 Å². The Balaban J connectivity index is 1.30. The van der Waals surface area contributed by atoms with Crippen molar-refractivity contribution < 1.29 is 14.4 Å². The normalized spacial score (nSPS) is 14.0. The number of carbonyl (C=O) groups excluding carboxylic acids is 3. The number of amides is 3. The van der Waals surface area contributed by atoms with Gasteiger partial charge < -0.3 is 5.32 Å². The first-order chi connectivity index (χ1) is 15.0. The van der Waals surface area contributed by atoms with Crippen molar-refractivity contribution in [2.24, 2.45) is 0 Å². The van der Waals surface area contributed by atoms with E-state index in [1.165, 1.54) is 10.5 Å². The van der Waals surface area contributed by atoms with Gasteiger partial charge >= 0.3 is 0 Å². The van der Waals surface area contributed by atoms with Gasteiger partial charge in [-0.05, 0) is 49.3 Å². The van der Waals surface area contributed by atoms with Gasteiger partial charge in [-0.15, -0.1) is 0 Å². The summed E-state index contributed by atoms with van der Waals surface area (Å²) in [6.07, 6.45) is 2.48. The van der Waals surface area contributed by atoms with Crippen LogP contribution in [0.4, 0.5) is 0 Å². The first-order valence-corrected chi connectivity index (χ1v) is 10.8. The molecule has 1 N–H and O–H groups in total. The Morgan fingerprint density at radius 3 is 2.19 bits per heavy atom. The van der Waals surface area contributed by atoms with E-state index < -0.39 is 0 Å². The number of carbonyl (C=O) groups is 3. The van der Waals surface area contributed by atoms with Crippen molar-refractivity contribution in [3.05, 3.63) is 83.4 Å². The molecule has 3 aromatic carbocycles. The van der Waals surface area contributed by atoms with Gasteiger partial charge in [0, 0.05) is 35.5 Å². The molecule has 1 heterocycles. The van der Waals surface area contributed by atoms with Crippen LogP contribution in [0.15, 0.2) is 66.7 Å². The molecule has 31 heavy (non-hydrogen) atoms. The third-order valence-corrected chi connectivity index (χ3v) is 5.76. The van der Waals surface area contributed by atoms with Crippen LogP contribution in [0, 0.1) is 0 Å². The summed E-state index contributed by atoms with van der Waals surface area (Å²) in [5.41, 5.74) is 2.35. The van der Waals surface area contributed by atoms with Crippen LogP contribution in [0.5, 0.6) is 0 Å². The maximum atomic E-state index is 12.9. The highest BCUT2D eigenvalue weighted by Gasteiger charge is 2.32.